The number of fused-ring (bicyclic) bond motifs is 1. The minimum Gasteiger partial charge on any atom is -0.321 e. The lowest BCUT2D eigenvalue weighted by molar-refractivity contribution is -0.133. The highest BCUT2D eigenvalue weighted by atomic mass is 79.9. The first-order valence-corrected chi connectivity index (χ1v) is 11.1. The summed E-state index contributed by atoms with van der Waals surface area (Å²) in [6.45, 7) is 1.74. The normalized spacial score (nSPS) is 10.6. The SMILES string of the molecule is Cc1c(Cl)cccc1NC(=O)C(=O)Nn1c(C(=O)Nc2ccccc2)cc2cc(Br)ccc21. The fraction of sp³-hybridized carbons (Fsp3) is 0.0417. The number of nitrogens with zero attached hydrogens (tertiary/aromatic N) is 1. The molecule has 1 aromatic heterocycles. The van der Waals surface area contributed by atoms with Gasteiger partial charge in [0.05, 0.1) is 5.52 Å². The van der Waals surface area contributed by atoms with Gasteiger partial charge in [0, 0.05) is 26.3 Å². The number of carbonyl (C=O) groups excluding carboxylic acids is 3. The van der Waals surface area contributed by atoms with Crippen molar-refractivity contribution in [2.75, 3.05) is 16.1 Å². The van der Waals surface area contributed by atoms with Gasteiger partial charge in [-0.15, -0.1) is 0 Å². The predicted molar refractivity (Wildman–Crippen MR) is 133 cm³/mol. The zero-order valence-electron chi connectivity index (χ0n) is 17.4. The number of hydrogen-bond acceptors (Lipinski definition) is 3. The molecule has 9 heteroatoms. The molecule has 0 fully saturated rings. The van der Waals surface area contributed by atoms with Crippen molar-refractivity contribution in [1.82, 2.24) is 4.68 Å². The molecule has 1 heterocycles. The van der Waals surface area contributed by atoms with Crippen LogP contribution in [0.15, 0.2) is 77.3 Å². The van der Waals surface area contributed by atoms with Crippen LogP contribution in [0.2, 0.25) is 5.02 Å². The molecule has 3 aromatic carbocycles. The van der Waals surface area contributed by atoms with Crippen LogP contribution in [-0.2, 0) is 9.59 Å². The van der Waals surface area contributed by atoms with Crippen molar-refractivity contribution in [2.24, 2.45) is 0 Å². The van der Waals surface area contributed by atoms with Crippen LogP contribution in [0.1, 0.15) is 16.1 Å². The highest BCUT2D eigenvalue weighted by molar-refractivity contribution is 9.10. The number of nitrogens with one attached hydrogen (secondary N) is 3. The summed E-state index contributed by atoms with van der Waals surface area (Å²) in [6, 6.07) is 20.9. The molecule has 166 valence electrons. The van der Waals surface area contributed by atoms with E-state index in [2.05, 4.69) is 32.0 Å². The van der Waals surface area contributed by atoms with Gasteiger partial charge in [-0.05, 0) is 61.0 Å². The van der Waals surface area contributed by atoms with Crippen molar-refractivity contribution < 1.29 is 14.4 Å². The Hall–Kier alpha value is -3.62. The molecule has 0 aliphatic heterocycles. The Bertz CT molecular complexity index is 1390. The van der Waals surface area contributed by atoms with E-state index in [4.69, 9.17) is 11.6 Å². The highest BCUT2D eigenvalue weighted by Crippen LogP contribution is 2.25. The van der Waals surface area contributed by atoms with Gasteiger partial charge in [-0.2, -0.15) is 0 Å². The standard InChI is InChI=1S/C24H18BrClN4O3/c1-14-18(26)8-5-9-19(14)28-23(32)24(33)29-30-20-11-10-16(25)12-15(20)13-21(30)22(31)27-17-6-3-2-4-7-17/h2-13H,1H3,(H,27,31)(H,28,32)(H,29,33). The number of rotatable bonds is 4. The van der Waals surface area contributed by atoms with Gasteiger partial charge in [-0.25, -0.2) is 4.68 Å². The van der Waals surface area contributed by atoms with Crippen LogP contribution in [-0.4, -0.2) is 22.4 Å². The molecule has 0 spiro atoms. The first kappa shape index (κ1) is 22.6. The molecule has 4 rings (SSSR count). The fourth-order valence-corrected chi connectivity index (χ4v) is 3.82. The van der Waals surface area contributed by atoms with Gasteiger partial charge in [-0.3, -0.25) is 19.8 Å². The average molecular weight is 526 g/mol. The summed E-state index contributed by atoms with van der Waals surface area (Å²) in [6.07, 6.45) is 0. The lowest BCUT2D eigenvalue weighted by atomic mass is 10.2. The van der Waals surface area contributed by atoms with E-state index < -0.39 is 17.7 Å². The number of amides is 3. The van der Waals surface area contributed by atoms with E-state index in [0.29, 0.717) is 32.9 Å². The minimum absolute atomic E-state index is 0.159. The maximum Gasteiger partial charge on any atom is 0.328 e. The molecule has 4 aromatic rings. The highest BCUT2D eigenvalue weighted by Gasteiger charge is 2.21. The average Bonchev–Trinajstić information content (AvgIpc) is 3.15. The number of hydrogen-bond donors (Lipinski definition) is 3. The zero-order valence-corrected chi connectivity index (χ0v) is 19.7. The van der Waals surface area contributed by atoms with Crippen molar-refractivity contribution in [3.05, 3.63) is 93.5 Å². The van der Waals surface area contributed by atoms with E-state index >= 15 is 0 Å². The molecule has 0 radical (unpaired) electrons. The summed E-state index contributed by atoms with van der Waals surface area (Å²) in [4.78, 5) is 38.3. The van der Waals surface area contributed by atoms with Gasteiger partial charge in [0.15, 0.2) is 0 Å². The Kier molecular flexibility index (Phi) is 6.48. The van der Waals surface area contributed by atoms with Crippen LogP contribution in [0, 0.1) is 6.92 Å². The Morgan fingerprint density at radius 2 is 1.64 bits per heavy atom. The maximum absolute atomic E-state index is 13.0. The maximum atomic E-state index is 13.0. The van der Waals surface area contributed by atoms with E-state index in [-0.39, 0.29) is 5.69 Å². The van der Waals surface area contributed by atoms with Gasteiger partial charge >= 0.3 is 11.8 Å². The van der Waals surface area contributed by atoms with Crippen LogP contribution in [0.3, 0.4) is 0 Å². The first-order valence-electron chi connectivity index (χ1n) is 9.88. The monoisotopic (exact) mass is 524 g/mol. The topological polar surface area (TPSA) is 92.2 Å². The number of carbonyl (C=O) groups is 3. The molecule has 7 nitrogen and oxygen atoms in total. The molecular weight excluding hydrogens is 508 g/mol. The van der Waals surface area contributed by atoms with Gasteiger partial charge in [0.25, 0.3) is 5.91 Å². The summed E-state index contributed by atoms with van der Waals surface area (Å²) in [5, 5.41) is 6.51. The third-order valence-corrected chi connectivity index (χ3v) is 5.87. The summed E-state index contributed by atoms with van der Waals surface area (Å²) >= 11 is 9.50. The van der Waals surface area contributed by atoms with Crippen LogP contribution in [0.4, 0.5) is 11.4 Å². The molecule has 0 aliphatic rings. The number of benzene rings is 3. The van der Waals surface area contributed by atoms with E-state index in [9.17, 15) is 14.4 Å². The van der Waals surface area contributed by atoms with Crippen LogP contribution in [0.25, 0.3) is 10.9 Å². The van der Waals surface area contributed by atoms with Gasteiger partial charge in [-0.1, -0.05) is 51.8 Å². The Morgan fingerprint density at radius 1 is 0.879 bits per heavy atom. The molecule has 0 unspecified atom stereocenters. The molecule has 0 atom stereocenters. The van der Waals surface area contributed by atoms with Crippen LogP contribution in [0.5, 0.6) is 0 Å². The lowest BCUT2D eigenvalue weighted by Crippen LogP contribution is -2.36. The third kappa shape index (κ3) is 4.92. The quantitative estimate of drug-likeness (QED) is 0.315. The minimum atomic E-state index is -0.941. The predicted octanol–water partition coefficient (Wildman–Crippen LogP) is 5.33. The van der Waals surface area contributed by atoms with Gasteiger partial charge in [0.1, 0.15) is 5.69 Å². The summed E-state index contributed by atoms with van der Waals surface area (Å²) in [5.41, 5.74) is 4.90. The molecule has 3 amide bonds. The van der Waals surface area contributed by atoms with Gasteiger partial charge < -0.3 is 10.6 Å². The second kappa shape index (κ2) is 9.48. The molecule has 33 heavy (non-hydrogen) atoms. The third-order valence-electron chi connectivity index (χ3n) is 4.96. The molecule has 0 saturated heterocycles. The van der Waals surface area contributed by atoms with Gasteiger partial charge in [0.2, 0.25) is 0 Å². The molecule has 0 bridgehead atoms. The Labute approximate surface area is 202 Å². The number of aromatic nitrogens is 1. The van der Waals surface area contributed by atoms with Crippen molar-refractivity contribution in [3.63, 3.8) is 0 Å². The summed E-state index contributed by atoms with van der Waals surface area (Å²) in [7, 11) is 0. The van der Waals surface area contributed by atoms with Crippen molar-refractivity contribution in [1.29, 1.82) is 0 Å². The Morgan fingerprint density at radius 3 is 2.39 bits per heavy atom. The Balaban J connectivity index is 1.63. The van der Waals surface area contributed by atoms with Crippen molar-refractivity contribution in [2.45, 2.75) is 6.92 Å². The number of para-hydroxylation sites is 1. The van der Waals surface area contributed by atoms with Crippen LogP contribution >= 0.6 is 27.5 Å². The summed E-state index contributed by atoms with van der Waals surface area (Å²) < 4.78 is 2.11. The smallest absolute Gasteiger partial charge is 0.321 e. The van der Waals surface area contributed by atoms with E-state index in [1.54, 1.807) is 67.6 Å². The number of anilines is 2. The van der Waals surface area contributed by atoms with E-state index in [1.807, 2.05) is 12.1 Å². The number of halogens is 2. The van der Waals surface area contributed by atoms with Crippen molar-refractivity contribution >= 4 is 67.5 Å². The lowest BCUT2D eigenvalue weighted by Gasteiger charge is -2.13. The zero-order chi connectivity index (χ0) is 23.5. The van der Waals surface area contributed by atoms with Crippen molar-refractivity contribution in [3.8, 4) is 0 Å². The first-order chi connectivity index (χ1) is 15.8. The second-order valence-corrected chi connectivity index (χ2v) is 8.52. The second-order valence-electron chi connectivity index (χ2n) is 7.20. The molecule has 0 aliphatic carbocycles. The largest absolute Gasteiger partial charge is 0.328 e. The summed E-state index contributed by atoms with van der Waals surface area (Å²) in [5.74, 6) is -2.28. The fourth-order valence-electron chi connectivity index (χ4n) is 3.26. The van der Waals surface area contributed by atoms with E-state index in [0.717, 1.165) is 4.47 Å². The van der Waals surface area contributed by atoms with Crippen LogP contribution < -0.4 is 16.1 Å². The molecular formula is C24H18BrClN4O3. The molecule has 0 saturated carbocycles. The molecule has 3 N–H and O–H groups in total. The van der Waals surface area contributed by atoms with E-state index in [1.165, 1.54) is 4.68 Å².